The van der Waals surface area contributed by atoms with Gasteiger partial charge in [-0.3, -0.25) is 0 Å². The Kier molecular flexibility index (Phi) is 6.26. The van der Waals surface area contributed by atoms with Crippen LogP contribution in [0.3, 0.4) is 0 Å². The monoisotopic (exact) mass is 382 g/mol. The first-order valence-corrected chi connectivity index (χ1v) is 7.95. The molecule has 146 valence electrons. The maximum absolute atomic E-state index is 12.9. The highest BCUT2D eigenvalue weighted by Gasteiger charge is 2.50. The molecule has 0 heterocycles. The van der Waals surface area contributed by atoms with Crippen LogP contribution in [-0.4, -0.2) is 30.3 Å². The lowest BCUT2D eigenvalue weighted by molar-refractivity contribution is -0.188. The Bertz CT molecular complexity index is 790. The molecular formula is C17H21F3N6O. The fraction of sp³-hybridized carbons (Fsp3) is 0.235. The van der Waals surface area contributed by atoms with Gasteiger partial charge in [-0.2, -0.15) is 18.3 Å². The van der Waals surface area contributed by atoms with Gasteiger partial charge in [0.15, 0.2) is 11.5 Å². The summed E-state index contributed by atoms with van der Waals surface area (Å²) in [6.07, 6.45) is -4.78. The number of nitrogens with one attached hydrogen (secondary N) is 2. The van der Waals surface area contributed by atoms with Crippen LogP contribution >= 0.6 is 0 Å². The second kappa shape index (κ2) is 8.25. The van der Waals surface area contributed by atoms with Crippen molar-refractivity contribution in [1.29, 1.82) is 0 Å². The molecule has 0 bridgehead atoms. The molecule has 2 rings (SSSR count). The predicted octanol–water partition coefficient (Wildman–Crippen LogP) is 1.26. The Hall–Kier alpha value is -2.82. The highest BCUT2D eigenvalue weighted by molar-refractivity contribution is 6.02. The normalized spacial score (nSPS) is 12.7. The van der Waals surface area contributed by atoms with Crippen LogP contribution in [0.4, 0.5) is 24.5 Å². The number of aliphatic hydroxyl groups excluding tert-OH is 1. The number of benzene rings is 2. The minimum Gasteiger partial charge on any atom is -0.394 e. The summed E-state index contributed by atoms with van der Waals surface area (Å²) in [5.74, 6) is 0.183. The number of hydrogen-bond acceptors (Lipinski definition) is 6. The molecule has 0 saturated heterocycles. The zero-order valence-corrected chi connectivity index (χ0v) is 14.3. The number of halogens is 3. The van der Waals surface area contributed by atoms with E-state index >= 15 is 0 Å². The SMILES string of the molecule is N/C(=N\NCCO)c1ccccc1Nc1ccc(C(N)(N)C(F)(F)F)cc1. The topological polar surface area (TPSA) is 135 Å². The molecule has 0 aromatic heterocycles. The zero-order chi connectivity index (χ0) is 20.1. The summed E-state index contributed by atoms with van der Waals surface area (Å²) in [7, 11) is 0. The van der Waals surface area contributed by atoms with Crippen LogP contribution in [0, 0.1) is 0 Å². The lowest BCUT2D eigenvalue weighted by atomic mass is 10.0. The van der Waals surface area contributed by atoms with Crippen molar-refractivity contribution in [3.63, 3.8) is 0 Å². The second-order valence-corrected chi connectivity index (χ2v) is 5.74. The minimum atomic E-state index is -4.78. The van der Waals surface area contributed by atoms with Crippen molar-refractivity contribution < 1.29 is 18.3 Å². The van der Waals surface area contributed by atoms with E-state index in [4.69, 9.17) is 22.3 Å². The lowest BCUT2D eigenvalue weighted by Gasteiger charge is -2.27. The van der Waals surface area contributed by atoms with Crippen molar-refractivity contribution >= 4 is 17.2 Å². The molecule has 0 aliphatic carbocycles. The Balaban J connectivity index is 2.22. The molecule has 7 nitrogen and oxygen atoms in total. The summed E-state index contributed by atoms with van der Waals surface area (Å²) >= 11 is 0. The van der Waals surface area contributed by atoms with E-state index in [-0.39, 0.29) is 24.6 Å². The average molecular weight is 382 g/mol. The molecule has 9 N–H and O–H groups in total. The van der Waals surface area contributed by atoms with E-state index in [9.17, 15) is 13.2 Å². The molecule has 2 aromatic rings. The average Bonchev–Trinajstić information content (AvgIpc) is 2.62. The van der Waals surface area contributed by atoms with Crippen LogP contribution in [0.15, 0.2) is 53.6 Å². The summed E-state index contributed by atoms with van der Waals surface area (Å²) in [6, 6.07) is 12.3. The molecule has 10 heteroatoms. The standard InChI is InChI=1S/C17H21F3N6O/c18-17(19,20)16(22,23)11-5-7-12(8-6-11)25-14-4-2-1-3-13(14)15(21)26-24-9-10-27/h1-8,24-25,27H,9-10,22-23H2,(H2,21,26). The maximum Gasteiger partial charge on any atom is 0.423 e. The fourth-order valence-corrected chi connectivity index (χ4v) is 2.22. The first-order valence-electron chi connectivity index (χ1n) is 7.95. The van der Waals surface area contributed by atoms with Crippen LogP contribution < -0.4 is 27.9 Å². The predicted molar refractivity (Wildman–Crippen MR) is 98.1 cm³/mol. The summed E-state index contributed by atoms with van der Waals surface area (Å²) in [5, 5.41) is 15.8. The molecule has 0 unspecified atom stereocenters. The summed E-state index contributed by atoms with van der Waals surface area (Å²) in [5.41, 5.74) is 17.5. The van der Waals surface area contributed by atoms with E-state index in [2.05, 4.69) is 15.8 Å². The van der Waals surface area contributed by atoms with Gasteiger partial charge in [-0.05, 0) is 29.8 Å². The van der Waals surface area contributed by atoms with Crippen molar-refractivity contribution in [1.82, 2.24) is 5.43 Å². The maximum atomic E-state index is 12.9. The number of hydrazone groups is 1. The van der Waals surface area contributed by atoms with Gasteiger partial charge in [-0.1, -0.05) is 24.3 Å². The van der Waals surface area contributed by atoms with Crippen molar-refractivity contribution in [2.45, 2.75) is 11.8 Å². The van der Waals surface area contributed by atoms with Gasteiger partial charge >= 0.3 is 6.18 Å². The van der Waals surface area contributed by atoms with E-state index < -0.39 is 11.8 Å². The number of alkyl halides is 3. The van der Waals surface area contributed by atoms with Crippen molar-refractivity contribution in [3.8, 4) is 0 Å². The number of para-hydroxylation sites is 1. The van der Waals surface area contributed by atoms with Gasteiger partial charge in [0.05, 0.1) is 13.2 Å². The highest BCUT2D eigenvalue weighted by Crippen LogP contribution is 2.33. The van der Waals surface area contributed by atoms with Gasteiger partial charge in [0.25, 0.3) is 0 Å². The molecule has 27 heavy (non-hydrogen) atoms. The number of anilines is 2. The molecule has 0 aliphatic heterocycles. The quantitative estimate of drug-likeness (QED) is 0.140. The lowest BCUT2D eigenvalue weighted by Crippen LogP contribution is -2.57. The summed E-state index contributed by atoms with van der Waals surface area (Å²) in [6.45, 7) is 0.154. The molecular weight excluding hydrogens is 361 g/mol. The third kappa shape index (κ3) is 4.88. The molecule has 0 spiro atoms. The summed E-state index contributed by atoms with van der Waals surface area (Å²) < 4.78 is 38.8. The van der Waals surface area contributed by atoms with E-state index in [1.807, 2.05) is 0 Å². The second-order valence-electron chi connectivity index (χ2n) is 5.74. The van der Waals surface area contributed by atoms with Crippen LogP contribution in [0.25, 0.3) is 0 Å². The van der Waals surface area contributed by atoms with Crippen LogP contribution in [0.1, 0.15) is 11.1 Å². The van der Waals surface area contributed by atoms with Gasteiger partial charge in [-0.15, -0.1) is 0 Å². The summed E-state index contributed by atoms with van der Waals surface area (Å²) in [4.78, 5) is 0. The number of nitrogens with zero attached hydrogens (tertiary/aromatic N) is 1. The number of rotatable bonds is 7. The smallest absolute Gasteiger partial charge is 0.394 e. The zero-order valence-electron chi connectivity index (χ0n) is 14.3. The third-order valence-electron chi connectivity index (χ3n) is 3.74. The first-order chi connectivity index (χ1) is 12.7. The van der Waals surface area contributed by atoms with Crippen LogP contribution in [-0.2, 0) is 5.66 Å². The minimum absolute atomic E-state index is 0.0925. The van der Waals surface area contributed by atoms with E-state index in [1.54, 1.807) is 24.3 Å². The Morgan fingerprint density at radius 3 is 2.26 bits per heavy atom. The van der Waals surface area contributed by atoms with Crippen LogP contribution in [0.5, 0.6) is 0 Å². The number of amidine groups is 1. The van der Waals surface area contributed by atoms with Gasteiger partial charge in [0, 0.05) is 16.9 Å². The van der Waals surface area contributed by atoms with Gasteiger partial charge in [0.1, 0.15) is 0 Å². The highest BCUT2D eigenvalue weighted by atomic mass is 19.4. The fourth-order valence-electron chi connectivity index (χ4n) is 2.22. The number of aliphatic hydroxyl groups is 1. The van der Waals surface area contributed by atoms with Gasteiger partial charge < -0.3 is 33.1 Å². The molecule has 2 aromatic carbocycles. The van der Waals surface area contributed by atoms with Gasteiger partial charge in [-0.25, -0.2) is 0 Å². The van der Waals surface area contributed by atoms with Crippen LogP contribution in [0.2, 0.25) is 0 Å². The number of nitrogens with two attached hydrogens (primary N) is 3. The molecule has 0 amide bonds. The van der Waals surface area contributed by atoms with Crippen molar-refractivity contribution in [2.75, 3.05) is 18.5 Å². The van der Waals surface area contributed by atoms with Crippen molar-refractivity contribution in [2.24, 2.45) is 22.3 Å². The largest absolute Gasteiger partial charge is 0.423 e. The van der Waals surface area contributed by atoms with E-state index in [0.29, 0.717) is 16.9 Å². The van der Waals surface area contributed by atoms with E-state index in [0.717, 1.165) is 0 Å². The Morgan fingerprint density at radius 2 is 1.67 bits per heavy atom. The molecule has 0 atom stereocenters. The molecule has 0 radical (unpaired) electrons. The molecule has 0 aliphatic rings. The number of hydrogen-bond donors (Lipinski definition) is 6. The molecule has 0 fully saturated rings. The third-order valence-corrected chi connectivity index (χ3v) is 3.74. The first kappa shape index (κ1) is 20.5. The van der Waals surface area contributed by atoms with Crippen molar-refractivity contribution in [3.05, 3.63) is 59.7 Å². The Morgan fingerprint density at radius 1 is 1.04 bits per heavy atom. The van der Waals surface area contributed by atoms with E-state index in [1.165, 1.54) is 24.3 Å². The Labute approximate surface area is 154 Å². The molecule has 0 saturated carbocycles. The van der Waals surface area contributed by atoms with Gasteiger partial charge in [0.2, 0.25) is 0 Å².